The molecule has 0 saturated carbocycles. The maximum atomic E-state index is 12.7. The van der Waals surface area contributed by atoms with E-state index in [1.165, 1.54) is 6.07 Å². The van der Waals surface area contributed by atoms with E-state index in [1.54, 1.807) is 18.2 Å². The zero-order valence-corrected chi connectivity index (χ0v) is 10.4. The van der Waals surface area contributed by atoms with E-state index in [9.17, 15) is 18.0 Å². The SMILES string of the molecule is CCc1ccccc1-c1nc(C(=O)O)c(C(F)(F)F)o1. The van der Waals surface area contributed by atoms with E-state index in [4.69, 9.17) is 5.11 Å². The number of nitrogens with zero attached hydrogens (tertiary/aromatic N) is 1. The van der Waals surface area contributed by atoms with Crippen LogP contribution in [0.3, 0.4) is 0 Å². The molecule has 1 heterocycles. The number of carboxylic acid groups (broad SMARTS) is 1. The maximum Gasteiger partial charge on any atom is 0.452 e. The molecule has 106 valence electrons. The number of oxazole rings is 1. The van der Waals surface area contributed by atoms with Gasteiger partial charge in [-0.3, -0.25) is 0 Å². The van der Waals surface area contributed by atoms with Crippen molar-refractivity contribution in [1.29, 1.82) is 0 Å². The van der Waals surface area contributed by atoms with Gasteiger partial charge in [-0.25, -0.2) is 9.78 Å². The van der Waals surface area contributed by atoms with Crippen LogP contribution in [-0.4, -0.2) is 16.1 Å². The second kappa shape index (κ2) is 4.99. The molecular weight excluding hydrogens is 275 g/mol. The minimum atomic E-state index is -4.90. The van der Waals surface area contributed by atoms with Gasteiger partial charge in [0.1, 0.15) is 0 Å². The lowest BCUT2D eigenvalue weighted by molar-refractivity contribution is -0.153. The molecule has 0 bridgehead atoms. The Morgan fingerprint density at radius 3 is 2.50 bits per heavy atom. The molecule has 2 aromatic rings. The predicted molar refractivity (Wildman–Crippen MR) is 63.3 cm³/mol. The molecule has 0 fully saturated rings. The minimum absolute atomic E-state index is 0.341. The van der Waals surface area contributed by atoms with Crippen molar-refractivity contribution in [3.63, 3.8) is 0 Å². The van der Waals surface area contributed by atoms with Crippen molar-refractivity contribution in [2.24, 2.45) is 0 Å². The third kappa shape index (κ3) is 2.52. The first-order valence-corrected chi connectivity index (χ1v) is 5.74. The lowest BCUT2D eigenvalue weighted by Gasteiger charge is -2.03. The second-order valence-electron chi connectivity index (χ2n) is 4.01. The highest BCUT2D eigenvalue weighted by atomic mass is 19.4. The third-order valence-electron chi connectivity index (χ3n) is 2.72. The summed E-state index contributed by atoms with van der Waals surface area (Å²) < 4.78 is 42.8. The van der Waals surface area contributed by atoms with Crippen LogP contribution in [0.4, 0.5) is 13.2 Å². The van der Waals surface area contributed by atoms with Crippen LogP contribution < -0.4 is 0 Å². The van der Waals surface area contributed by atoms with E-state index in [1.807, 2.05) is 6.92 Å². The smallest absolute Gasteiger partial charge is 0.452 e. The first-order valence-electron chi connectivity index (χ1n) is 5.74. The van der Waals surface area contributed by atoms with Crippen molar-refractivity contribution < 1.29 is 27.5 Å². The molecule has 1 N–H and O–H groups in total. The van der Waals surface area contributed by atoms with E-state index in [0.29, 0.717) is 12.0 Å². The van der Waals surface area contributed by atoms with E-state index in [0.717, 1.165) is 5.56 Å². The van der Waals surface area contributed by atoms with Crippen LogP contribution in [-0.2, 0) is 12.6 Å². The molecule has 0 aliphatic heterocycles. The van der Waals surface area contributed by atoms with Crippen LogP contribution in [0.2, 0.25) is 0 Å². The van der Waals surface area contributed by atoms with Gasteiger partial charge in [0.15, 0.2) is 5.69 Å². The molecule has 1 aromatic heterocycles. The van der Waals surface area contributed by atoms with Gasteiger partial charge in [-0.15, -0.1) is 0 Å². The van der Waals surface area contributed by atoms with Gasteiger partial charge in [0, 0.05) is 5.56 Å². The Morgan fingerprint density at radius 1 is 1.35 bits per heavy atom. The zero-order valence-electron chi connectivity index (χ0n) is 10.4. The zero-order chi connectivity index (χ0) is 14.9. The van der Waals surface area contributed by atoms with Gasteiger partial charge < -0.3 is 9.52 Å². The Hall–Kier alpha value is -2.31. The summed E-state index contributed by atoms with van der Waals surface area (Å²) in [5.41, 5.74) is -0.0502. The number of hydrogen-bond donors (Lipinski definition) is 1. The number of carbonyl (C=O) groups is 1. The monoisotopic (exact) mass is 285 g/mol. The molecule has 20 heavy (non-hydrogen) atoms. The van der Waals surface area contributed by atoms with Crippen LogP contribution in [0, 0.1) is 0 Å². The molecule has 0 aliphatic carbocycles. The molecule has 0 atom stereocenters. The number of aryl methyl sites for hydroxylation is 1. The van der Waals surface area contributed by atoms with Gasteiger partial charge in [-0.1, -0.05) is 25.1 Å². The first-order chi connectivity index (χ1) is 9.34. The molecule has 0 saturated heterocycles. The highest BCUT2D eigenvalue weighted by Crippen LogP contribution is 2.36. The summed E-state index contributed by atoms with van der Waals surface area (Å²) in [5, 5.41) is 8.79. The van der Waals surface area contributed by atoms with Crippen molar-refractivity contribution in [3.8, 4) is 11.5 Å². The summed E-state index contributed by atoms with van der Waals surface area (Å²) in [7, 11) is 0. The van der Waals surface area contributed by atoms with Crippen LogP contribution in [0.5, 0.6) is 0 Å². The van der Waals surface area contributed by atoms with Crippen LogP contribution in [0.1, 0.15) is 28.7 Å². The number of carboxylic acids is 1. The Kier molecular flexibility index (Phi) is 3.52. The molecule has 1 aromatic carbocycles. The van der Waals surface area contributed by atoms with Crippen molar-refractivity contribution in [1.82, 2.24) is 4.98 Å². The summed E-state index contributed by atoms with van der Waals surface area (Å²) in [6.45, 7) is 1.82. The topological polar surface area (TPSA) is 63.3 Å². The fraction of sp³-hybridized carbons (Fsp3) is 0.231. The van der Waals surface area contributed by atoms with Crippen molar-refractivity contribution in [3.05, 3.63) is 41.3 Å². The van der Waals surface area contributed by atoms with Gasteiger partial charge in [-0.2, -0.15) is 13.2 Å². The number of benzene rings is 1. The van der Waals surface area contributed by atoms with E-state index >= 15 is 0 Å². The first kappa shape index (κ1) is 14.1. The third-order valence-corrected chi connectivity index (χ3v) is 2.72. The number of aromatic nitrogens is 1. The average molecular weight is 285 g/mol. The van der Waals surface area contributed by atoms with Crippen molar-refractivity contribution in [2.75, 3.05) is 0 Å². The largest absolute Gasteiger partial charge is 0.476 e. The number of hydrogen-bond acceptors (Lipinski definition) is 3. The number of alkyl halides is 3. The Balaban J connectivity index is 2.62. The van der Waals surface area contributed by atoms with Crippen molar-refractivity contribution >= 4 is 5.97 Å². The maximum absolute atomic E-state index is 12.7. The summed E-state index contributed by atoms with van der Waals surface area (Å²) >= 11 is 0. The normalized spacial score (nSPS) is 11.6. The fourth-order valence-electron chi connectivity index (χ4n) is 1.81. The summed E-state index contributed by atoms with van der Waals surface area (Å²) in [6, 6.07) is 6.60. The van der Waals surface area contributed by atoms with Crippen LogP contribution in [0.25, 0.3) is 11.5 Å². The molecule has 4 nitrogen and oxygen atoms in total. The molecule has 2 rings (SSSR count). The van der Waals surface area contributed by atoms with Gasteiger partial charge >= 0.3 is 12.1 Å². The predicted octanol–water partition coefficient (Wildman–Crippen LogP) is 3.62. The van der Waals surface area contributed by atoms with Gasteiger partial charge in [0.05, 0.1) is 0 Å². The van der Waals surface area contributed by atoms with E-state index < -0.39 is 23.6 Å². The lowest BCUT2D eigenvalue weighted by Crippen LogP contribution is -2.10. The average Bonchev–Trinajstić information content (AvgIpc) is 2.83. The van der Waals surface area contributed by atoms with Crippen LogP contribution >= 0.6 is 0 Å². The van der Waals surface area contributed by atoms with Gasteiger partial charge in [0.25, 0.3) is 0 Å². The Labute approximate surface area is 111 Å². The van der Waals surface area contributed by atoms with E-state index in [2.05, 4.69) is 9.40 Å². The number of halogens is 3. The van der Waals surface area contributed by atoms with Crippen molar-refractivity contribution in [2.45, 2.75) is 19.5 Å². The molecular formula is C13H10F3NO3. The Morgan fingerprint density at radius 2 is 2.00 bits per heavy atom. The highest BCUT2D eigenvalue weighted by Gasteiger charge is 2.42. The van der Waals surface area contributed by atoms with Gasteiger partial charge in [0.2, 0.25) is 11.7 Å². The molecule has 0 unspecified atom stereocenters. The highest BCUT2D eigenvalue weighted by molar-refractivity contribution is 5.87. The summed E-state index contributed by atoms with van der Waals surface area (Å²) in [6.07, 6.45) is -4.34. The Bertz CT molecular complexity index is 647. The van der Waals surface area contributed by atoms with E-state index in [-0.39, 0.29) is 5.89 Å². The van der Waals surface area contributed by atoms with Crippen LogP contribution in [0.15, 0.2) is 28.7 Å². The molecule has 0 radical (unpaired) electrons. The number of aromatic carboxylic acids is 1. The quantitative estimate of drug-likeness (QED) is 0.935. The lowest BCUT2D eigenvalue weighted by atomic mass is 10.1. The molecule has 0 spiro atoms. The molecule has 7 heteroatoms. The summed E-state index contributed by atoms with van der Waals surface area (Å²) in [5.74, 6) is -3.71. The van der Waals surface area contributed by atoms with Gasteiger partial charge in [-0.05, 0) is 18.1 Å². The fourth-order valence-corrected chi connectivity index (χ4v) is 1.81. The molecule has 0 amide bonds. The second-order valence-corrected chi connectivity index (χ2v) is 4.01. The number of rotatable bonds is 3. The minimum Gasteiger partial charge on any atom is -0.476 e. The summed E-state index contributed by atoms with van der Waals surface area (Å²) in [4.78, 5) is 14.3. The molecule has 0 aliphatic rings. The standard InChI is InChI=1S/C13H10F3NO3/c1-2-7-5-3-4-6-8(7)11-17-9(12(18)19)10(20-11)13(14,15)16/h3-6H,2H2,1H3,(H,18,19).